The lowest BCUT2D eigenvalue weighted by molar-refractivity contribution is -0.143. The van der Waals surface area contributed by atoms with Crippen LogP contribution < -0.4 is 0 Å². The van der Waals surface area contributed by atoms with Crippen LogP contribution in [0.1, 0.15) is 12.8 Å². The number of aliphatic hydroxyl groups is 1. The molecular formula is C10H14O4. The van der Waals surface area contributed by atoms with E-state index in [2.05, 4.69) is 0 Å². The molecule has 0 spiro atoms. The number of hydrogen-bond acceptors (Lipinski definition) is 3. The number of fused-ring (bicyclic) bond motifs is 1. The minimum atomic E-state index is -0.752. The summed E-state index contributed by atoms with van der Waals surface area (Å²) in [7, 11) is 0. The van der Waals surface area contributed by atoms with Gasteiger partial charge in [0.2, 0.25) is 0 Å². The highest BCUT2D eigenvalue weighted by Gasteiger charge is 2.39. The molecule has 0 amide bonds. The van der Waals surface area contributed by atoms with Gasteiger partial charge in [-0.1, -0.05) is 0 Å². The second-order valence-electron chi connectivity index (χ2n) is 3.88. The summed E-state index contributed by atoms with van der Waals surface area (Å²) < 4.78 is 5.28. The van der Waals surface area contributed by atoms with E-state index in [-0.39, 0.29) is 18.4 Å². The first-order chi connectivity index (χ1) is 6.74. The molecule has 1 heterocycles. The Morgan fingerprint density at radius 2 is 2.36 bits per heavy atom. The number of carboxylic acids is 1. The number of aliphatic carboxylic acids is 1. The molecule has 2 atom stereocenters. The molecule has 4 heteroatoms. The van der Waals surface area contributed by atoms with Crippen LogP contribution in [0.5, 0.6) is 0 Å². The van der Waals surface area contributed by atoms with Crippen molar-refractivity contribution in [2.75, 3.05) is 19.8 Å². The average Bonchev–Trinajstić information content (AvgIpc) is 2.56. The van der Waals surface area contributed by atoms with Crippen LogP contribution in [-0.2, 0) is 9.53 Å². The summed E-state index contributed by atoms with van der Waals surface area (Å²) in [5, 5.41) is 18.1. The molecule has 14 heavy (non-hydrogen) atoms. The van der Waals surface area contributed by atoms with Gasteiger partial charge in [0.05, 0.1) is 19.1 Å². The highest BCUT2D eigenvalue weighted by molar-refractivity contribution is 5.72. The van der Waals surface area contributed by atoms with Crippen molar-refractivity contribution in [2.45, 2.75) is 12.8 Å². The average molecular weight is 198 g/mol. The zero-order valence-corrected chi connectivity index (χ0v) is 7.90. The Labute approximate surface area is 82.2 Å². The molecule has 2 aliphatic rings. The fourth-order valence-electron chi connectivity index (χ4n) is 2.45. The minimum absolute atomic E-state index is 0.0288. The molecule has 0 aromatic rings. The van der Waals surface area contributed by atoms with Crippen molar-refractivity contribution in [3.8, 4) is 0 Å². The van der Waals surface area contributed by atoms with Crippen LogP contribution in [0.4, 0.5) is 0 Å². The van der Waals surface area contributed by atoms with Crippen molar-refractivity contribution in [1.82, 2.24) is 0 Å². The zero-order valence-electron chi connectivity index (χ0n) is 7.90. The number of aliphatic hydroxyl groups excluding tert-OH is 1. The van der Waals surface area contributed by atoms with Gasteiger partial charge in [0.15, 0.2) is 0 Å². The van der Waals surface area contributed by atoms with Crippen molar-refractivity contribution in [3.05, 3.63) is 11.1 Å². The fraction of sp³-hybridized carbons (Fsp3) is 0.700. The van der Waals surface area contributed by atoms with Gasteiger partial charge in [-0.05, 0) is 29.9 Å². The molecule has 0 saturated carbocycles. The summed E-state index contributed by atoms with van der Waals surface area (Å²) in [6.07, 6.45) is 1.27. The molecule has 0 aromatic heterocycles. The lowest BCUT2D eigenvalue weighted by Crippen LogP contribution is -2.26. The van der Waals surface area contributed by atoms with Gasteiger partial charge in [-0.3, -0.25) is 4.79 Å². The van der Waals surface area contributed by atoms with Crippen molar-refractivity contribution in [2.24, 2.45) is 11.8 Å². The van der Waals surface area contributed by atoms with Crippen LogP contribution in [-0.4, -0.2) is 36.0 Å². The van der Waals surface area contributed by atoms with E-state index >= 15 is 0 Å². The van der Waals surface area contributed by atoms with E-state index in [1.54, 1.807) is 0 Å². The molecule has 1 saturated heterocycles. The summed E-state index contributed by atoms with van der Waals surface area (Å²) in [4.78, 5) is 11.0. The van der Waals surface area contributed by atoms with Gasteiger partial charge in [0.1, 0.15) is 0 Å². The van der Waals surface area contributed by atoms with Gasteiger partial charge in [-0.2, -0.15) is 0 Å². The largest absolute Gasteiger partial charge is 0.481 e. The van der Waals surface area contributed by atoms with Crippen LogP contribution >= 0.6 is 0 Å². The van der Waals surface area contributed by atoms with Crippen LogP contribution in [0.25, 0.3) is 0 Å². The van der Waals surface area contributed by atoms with Gasteiger partial charge in [0.25, 0.3) is 0 Å². The van der Waals surface area contributed by atoms with Crippen molar-refractivity contribution in [3.63, 3.8) is 0 Å². The Bertz CT molecular complexity index is 282. The highest BCUT2D eigenvalue weighted by Crippen LogP contribution is 2.41. The normalized spacial score (nSPS) is 31.8. The molecule has 2 N–H and O–H groups in total. The zero-order chi connectivity index (χ0) is 10.1. The molecule has 0 radical (unpaired) electrons. The van der Waals surface area contributed by atoms with E-state index in [1.807, 2.05) is 0 Å². The Kier molecular flexibility index (Phi) is 2.56. The predicted octanol–water partition coefficient (Wildman–Crippen LogP) is 0.416. The lowest BCUT2D eigenvalue weighted by Gasteiger charge is -2.24. The molecular weight excluding hydrogens is 184 g/mol. The number of rotatable bonds is 2. The molecule has 1 aliphatic heterocycles. The lowest BCUT2D eigenvalue weighted by atomic mass is 9.87. The maximum absolute atomic E-state index is 11.0. The van der Waals surface area contributed by atoms with E-state index in [0.717, 1.165) is 17.6 Å². The van der Waals surface area contributed by atoms with Gasteiger partial charge < -0.3 is 14.9 Å². The summed E-state index contributed by atoms with van der Waals surface area (Å²) in [5.41, 5.74) is 1.91. The Morgan fingerprint density at radius 3 is 3.00 bits per heavy atom. The third-order valence-corrected chi connectivity index (χ3v) is 3.19. The molecule has 4 nitrogen and oxygen atoms in total. The molecule has 1 aliphatic carbocycles. The summed E-state index contributed by atoms with van der Waals surface area (Å²) in [5.74, 6) is -0.989. The number of hydrogen-bond donors (Lipinski definition) is 2. The van der Waals surface area contributed by atoms with Crippen molar-refractivity contribution >= 4 is 5.97 Å². The third kappa shape index (κ3) is 1.44. The van der Waals surface area contributed by atoms with Crippen LogP contribution in [0.3, 0.4) is 0 Å². The SMILES string of the molecule is O=C(O)C1CC(CO)=C2COCCC21. The van der Waals surface area contributed by atoms with Crippen molar-refractivity contribution < 1.29 is 19.7 Å². The number of ether oxygens (including phenoxy) is 1. The standard InChI is InChI=1S/C10H14O4/c11-4-6-3-8(10(12)13)7-1-2-14-5-9(6)7/h7-8,11H,1-5H2,(H,12,13). The molecule has 2 unspecified atom stereocenters. The second kappa shape index (κ2) is 3.71. The number of carbonyl (C=O) groups is 1. The summed E-state index contributed by atoms with van der Waals surface area (Å²) >= 11 is 0. The van der Waals surface area contributed by atoms with Crippen molar-refractivity contribution in [1.29, 1.82) is 0 Å². The summed E-state index contributed by atoms with van der Waals surface area (Å²) in [6.45, 7) is 1.11. The fourth-order valence-corrected chi connectivity index (χ4v) is 2.45. The van der Waals surface area contributed by atoms with E-state index < -0.39 is 5.97 Å². The first-order valence-corrected chi connectivity index (χ1v) is 4.86. The third-order valence-electron chi connectivity index (χ3n) is 3.19. The Morgan fingerprint density at radius 1 is 1.57 bits per heavy atom. The smallest absolute Gasteiger partial charge is 0.307 e. The van der Waals surface area contributed by atoms with Gasteiger partial charge >= 0.3 is 5.97 Å². The van der Waals surface area contributed by atoms with E-state index in [1.165, 1.54) is 0 Å². The molecule has 1 fully saturated rings. The second-order valence-corrected chi connectivity index (χ2v) is 3.88. The van der Waals surface area contributed by atoms with E-state index in [0.29, 0.717) is 19.6 Å². The molecule has 0 aromatic carbocycles. The van der Waals surface area contributed by atoms with Gasteiger partial charge in [0, 0.05) is 6.61 Å². The maximum Gasteiger partial charge on any atom is 0.307 e. The monoisotopic (exact) mass is 198 g/mol. The Hall–Kier alpha value is -0.870. The van der Waals surface area contributed by atoms with Crippen LogP contribution in [0.2, 0.25) is 0 Å². The van der Waals surface area contributed by atoms with Crippen LogP contribution in [0, 0.1) is 11.8 Å². The molecule has 0 bridgehead atoms. The maximum atomic E-state index is 11.0. The first kappa shape index (κ1) is 9.68. The quantitative estimate of drug-likeness (QED) is 0.631. The predicted molar refractivity (Wildman–Crippen MR) is 48.8 cm³/mol. The van der Waals surface area contributed by atoms with Gasteiger partial charge in [-0.25, -0.2) is 0 Å². The number of carboxylic acid groups (broad SMARTS) is 1. The first-order valence-electron chi connectivity index (χ1n) is 4.86. The van der Waals surface area contributed by atoms with Crippen LogP contribution in [0.15, 0.2) is 11.1 Å². The molecule has 78 valence electrons. The highest BCUT2D eigenvalue weighted by atomic mass is 16.5. The minimum Gasteiger partial charge on any atom is -0.481 e. The van der Waals surface area contributed by atoms with Gasteiger partial charge in [-0.15, -0.1) is 0 Å². The topological polar surface area (TPSA) is 66.8 Å². The molecule has 2 rings (SSSR count). The Balaban J connectivity index is 2.22. The summed E-state index contributed by atoms with van der Waals surface area (Å²) in [6, 6.07) is 0. The van der Waals surface area contributed by atoms with E-state index in [4.69, 9.17) is 14.9 Å². The van der Waals surface area contributed by atoms with E-state index in [9.17, 15) is 4.79 Å².